The van der Waals surface area contributed by atoms with Gasteiger partial charge in [-0.05, 0) is 29.8 Å². The summed E-state index contributed by atoms with van der Waals surface area (Å²) >= 11 is 0. The predicted octanol–water partition coefficient (Wildman–Crippen LogP) is 2.88. The molecule has 0 saturated heterocycles. The van der Waals surface area contributed by atoms with Gasteiger partial charge in [-0.25, -0.2) is 0 Å². The maximum Gasteiger partial charge on any atom is 0.120 e. The summed E-state index contributed by atoms with van der Waals surface area (Å²) in [6.07, 6.45) is 0. The van der Waals surface area contributed by atoms with Gasteiger partial charge in [0.25, 0.3) is 0 Å². The SMILES string of the molecule is COCCNCCOc1ccc(OCc2ccccc2)cc1. The molecule has 118 valence electrons. The molecule has 0 spiro atoms. The van der Waals surface area contributed by atoms with Crippen molar-refractivity contribution in [3.8, 4) is 11.5 Å². The first kappa shape index (κ1) is 16.3. The monoisotopic (exact) mass is 301 g/mol. The van der Waals surface area contributed by atoms with E-state index in [4.69, 9.17) is 14.2 Å². The standard InChI is InChI=1S/C18H23NO3/c1-20-13-11-19-12-14-21-17-7-9-18(10-8-17)22-15-16-5-3-2-4-6-16/h2-10,19H,11-15H2,1H3. The second kappa shape index (κ2) is 9.82. The summed E-state index contributed by atoms with van der Waals surface area (Å²) in [7, 11) is 1.69. The fourth-order valence-corrected chi connectivity index (χ4v) is 1.91. The molecule has 4 heteroatoms. The maximum atomic E-state index is 5.74. The molecule has 0 aliphatic rings. The Morgan fingerprint density at radius 2 is 1.41 bits per heavy atom. The van der Waals surface area contributed by atoms with Gasteiger partial charge in [0.1, 0.15) is 24.7 Å². The van der Waals surface area contributed by atoms with Crippen molar-refractivity contribution < 1.29 is 14.2 Å². The molecule has 0 bridgehead atoms. The third-order valence-corrected chi connectivity index (χ3v) is 3.10. The molecule has 0 radical (unpaired) electrons. The van der Waals surface area contributed by atoms with E-state index < -0.39 is 0 Å². The van der Waals surface area contributed by atoms with Gasteiger partial charge in [-0.2, -0.15) is 0 Å². The van der Waals surface area contributed by atoms with Crippen LogP contribution in [0.1, 0.15) is 5.56 Å². The predicted molar refractivity (Wildman–Crippen MR) is 87.5 cm³/mol. The smallest absolute Gasteiger partial charge is 0.120 e. The number of benzene rings is 2. The van der Waals surface area contributed by atoms with Gasteiger partial charge in [-0.1, -0.05) is 30.3 Å². The average molecular weight is 301 g/mol. The highest BCUT2D eigenvalue weighted by Crippen LogP contribution is 2.18. The van der Waals surface area contributed by atoms with Crippen LogP contribution in [0.3, 0.4) is 0 Å². The van der Waals surface area contributed by atoms with Crippen LogP contribution in [0.4, 0.5) is 0 Å². The van der Waals surface area contributed by atoms with Crippen LogP contribution in [0.5, 0.6) is 11.5 Å². The van der Waals surface area contributed by atoms with E-state index in [0.29, 0.717) is 19.8 Å². The topological polar surface area (TPSA) is 39.7 Å². The van der Waals surface area contributed by atoms with Crippen LogP contribution in [0.15, 0.2) is 54.6 Å². The highest BCUT2D eigenvalue weighted by atomic mass is 16.5. The summed E-state index contributed by atoms with van der Waals surface area (Å²) in [4.78, 5) is 0. The Morgan fingerprint density at radius 3 is 2.09 bits per heavy atom. The van der Waals surface area contributed by atoms with Gasteiger partial charge in [0.05, 0.1) is 6.61 Å². The number of ether oxygens (including phenoxy) is 3. The first-order valence-corrected chi connectivity index (χ1v) is 7.48. The molecular weight excluding hydrogens is 278 g/mol. The molecule has 0 amide bonds. The molecule has 0 unspecified atom stereocenters. The lowest BCUT2D eigenvalue weighted by Crippen LogP contribution is -2.24. The molecule has 4 nitrogen and oxygen atoms in total. The van der Waals surface area contributed by atoms with Gasteiger partial charge < -0.3 is 19.5 Å². The molecule has 0 aromatic heterocycles. The van der Waals surface area contributed by atoms with Crippen molar-refractivity contribution in [2.75, 3.05) is 33.4 Å². The summed E-state index contributed by atoms with van der Waals surface area (Å²) in [6, 6.07) is 17.8. The number of methoxy groups -OCH3 is 1. The van der Waals surface area contributed by atoms with Gasteiger partial charge in [-0.15, -0.1) is 0 Å². The lowest BCUT2D eigenvalue weighted by atomic mass is 10.2. The van der Waals surface area contributed by atoms with Gasteiger partial charge >= 0.3 is 0 Å². The molecule has 2 aromatic rings. The van der Waals surface area contributed by atoms with Crippen LogP contribution in [-0.2, 0) is 11.3 Å². The minimum atomic E-state index is 0.574. The number of hydrogen-bond acceptors (Lipinski definition) is 4. The summed E-state index contributed by atoms with van der Waals surface area (Å²) in [6.45, 7) is 3.56. The summed E-state index contributed by atoms with van der Waals surface area (Å²) in [5, 5.41) is 3.23. The van der Waals surface area contributed by atoms with Crippen molar-refractivity contribution in [1.29, 1.82) is 0 Å². The van der Waals surface area contributed by atoms with Crippen LogP contribution in [0.2, 0.25) is 0 Å². The molecule has 0 aliphatic heterocycles. The van der Waals surface area contributed by atoms with E-state index in [1.807, 2.05) is 54.6 Å². The van der Waals surface area contributed by atoms with E-state index in [-0.39, 0.29) is 0 Å². The van der Waals surface area contributed by atoms with Crippen LogP contribution in [-0.4, -0.2) is 33.4 Å². The van der Waals surface area contributed by atoms with Crippen molar-refractivity contribution >= 4 is 0 Å². The molecule has 0 heterocycles. The molecular formula is C18H23NO3. The van der Waals surface area contributed by atoms with Crippen molar-refractivity contribution in [3.05, 3.63) is 60.2 Å². The first-order valence-electron chi connectivity index (χ1n) is 7.48. The molecule has 0 atom stereocenters. The van der Waals surface area contributed by atoms with Gasteiger partial charge in [0, 0.05) is 20.2 Å². The van der Waals surface area contributed by atoms with Gasteiger partial charge in [-0.3, -0.25) is 0 Å². The maximum absolute atomic E-state index is 5.74. The Balaban J connectivity index is 1.67. The zero-order chi connectivity index (χ0) is 15.5. The molecule has 0 fully saturated rings. The second-order valence-corrected chi connectivity index (χ2v) is 4.84. The lowest BCUT2D eigenvalue weighted by molar-refractivity contribution is 0.196. The Bertz CT molecular complexity index is 514. The van der Waals surface area contributed by atoms with E-state index in [1.54, 1.807) is 7.11 Å². The minimum absolute atomic E-state index is 0.574. The second-order valence-electron chi connectivity index (χ2n) is 4.84. The van der Waals surface area contributed by atoms with Crippen LogP contribution < -0.4 is 14.8 Å². The number of rotatable bonds is 10. The fourth-order valence-electron chi connectivity index (χ4n) is 1.91. The summed E-state index contributed by atoms with van der Waals surface area (Å²) in [5.41, 5.74) is 1.16. The highest BCUT2D eigenvalue weighted by molar-refractivity contribution is 5.31. The Morgan fingerprint density at radius 1 is 0.773 bits per heavy atom. The zero-order valence-electron chi connectivity index (χ0n) is 13.0. The Kier molecular flexibility index (Phi) is 7.29. The molecule has 2 aromatic carbocycles. The van der Waals surface area contributed by atoms with Crippen molar-refractivity contribution in [2.45, 2.75) is 6.61 Å². The zero-order valence-corrected chi connectivity index (χ0v) is 13.0. The fraction of sp³-hybridized carbons (Fsp3) is 0.333. The van der Waals surface area contributed by atoms with Crippen LogP contribution >= 0.6 is 0 Å². The normalized spacial score (nSPS) is 10.4. The molecule has 0 aliphatic carbocycles. The Hall–Kier alpha value is -2.04. The average Bonchev–Trinajstić information content (AvgIpc) is 2.58. The summed E-state index contributed by atoms with van der Waals surface area (Å²) in [5.74, 6) is 1.69. The van der Waals surface area contributed by atoms with Crippen LogP contribution in [0.25, 0.3) is 0 Å². The largest absolute Gasteiger partial charge is 0.492 e. The molecule has 22 heavy (non-hydrogen) atoms. The third kappa shape index (κ3) is 6.16. The van der Waals surface area contributed by atoms with E-state index in [9.17, 15) is 0 Å². The quantitative estimate of drug-likeness (QED) is 0.685. The highest BCUT2D eigenvalue weighted by Gasteiger charge is 1.98. The van der Waals surface area contributed by atoms with E-state index in [2.05, 4.69) is 5.32 Å². The lowest BCUT2D eigenvalue weighted by Gasteiger charge is -2.09. The van der Waals surface area contributed by atoms with Crippen LogP contribution in [0, 0.1) is 0 Å². The number of nitrogens with one attached hydrogen (secondary N) is 1. The third-order valence-electron chi connectivity index (χ3n) is 3.10. The van der Waals surface area contributed by atoms with Gasteiger partial charge in [0.2, 0.25) is 0 Å². The van der Waals surface area contributed by atoms with E-state index in [1.165, 1.54) is 0 Å². The van der Waals surface area contributed by atoms with Crippen molar-refractivity contribution in [3.63, 3.8) is 0 Å². The molecule has 1 N–H and O–H groups in total. The van der Waals surface area contributed by atoms with Crippen molar-refractivity contribution in [2.24, 2.45) is 0 Å². The molecule has 0 saturated carbocycles. The van der Waals surface area contributed by atoms with Crippen molar-refractivity contribution in [1.82, 2.24) is 5.32 Å². The summed E-state index contributed by atoms with van der Waals surface area (Å²) < 4.78 is 16.3. The van der Waals surface area contributed by atoms with E-state index in [0.717, 1.165) is 30.2 Å². The Labute approximate surface area is 132 Å². The number of hydrogen-bond donors (Lipinski definition) is 1. The van der Waals surface area contributed by atoms with Gasteiger partial charge in [0.15, 0.2) is 0 Å². The minimum Gasteiger partial charge on any atom is -0.492 e. The van der Waals surface area contributed by atoms with E-state index >= 15 is 0 Å². The first-order chi connectivity index (χ1) is 10.9. The molecule has 2 rings (SSSR count).